The van der Waals surface area contributed by atoms with E-state index in [4.69, 9.17) is 22.1 Å². The van der Waals surface area contributed by atoms with Gasteiger partial charge in [-0.15, -0.1) is 0 Å². The van der Waals surface area contributed by atoms with Crippen LogP contribution in [0.15, 0.2) is 59.5 Å². The van der Waals surface area contributed by atoms with Gasteiger partial charge in [0.1, 0.15) is 5.41 Å². The molecule has 3 atom stereocenters. The Morgan fingerprint density at radius 1 is 1.15 bits per heavy atom. The maximum absolute atomic E-state index is 13.3. The predicted molar refractivity (Wildman–Crippen MR) is 99.7 cm³/mol. The molecule has 3 rings (SSSR count). The fourth-order valence-corrected chi connectivity index (χ4v) is 6.11. The van der Waals surface area contributed by atoms with E-state index in [-0.39, 0.29) is 18.0 Å². The molecule has 138 valence electrons. The van der Waals surface area contributed by atoms with Gasteiger partial charge < -0.3 is 10.5 Å². The van der Waals surface area contributed by atoms with Crippen molar-refractivity contribution in [3.8, 4) is 0 Å². The Kier molecular flexibility index (Phi) is 5.10. The number of ether oxygens (including phenoxy) is 1. The van der Waals surface area contributed by atoms with E-state index in [1.54, 1.807) is 6.92 Å². The molecule has 2 N–H and O–H groups in total. The molecular formula is C19H20ClNO4S. The van der Waals surface area contributed by atoms with Crippen LogP contribution in [0.1, 0.15) is 18.4 Å². The fourth-order valence-electron chi connectivity index (χ4n) is 3.60. The number of halogens is 1. The molecule has 0 unspecified atom stereocenters. The van der Waals surface area contributed by atoms with Gasteiger partial charge >= 0.3 is 5.97 Å². The maximum atomic E-state index is 13.3. The van der Waals surface area contributed by atoms with E-state index in [1.165, 1.54) is 24.3 Å². The standard InChI is InChI=1S/C19H20ClNO4S/c1-2-25-18(22)19(12-21)16(13-6-4-3-5-7-13)17(19)26(23,24)15-10-8-14(20)9-11-15/h3-11,16-17H,2,12,21H2,1H3/t16-,17-,19-/m0/s1. The first-order valence-corrected chi connectivity index (χ1v) is 10.2. The largest absolute Gasteiger partial charge is 0.465 e. The Balaban J connectivity index is 2.10. The van der Waals surface area contributed by atoms with Crippen LogP contribution in [0, 0.1) is 5.41 Å². The molecule has 0 bridgehead atoms. The minimum absolute atomic E-state index is 0.108. The average Bonchev–Trinajstić information content (AvgIpc) is 3.35. The van der Waals surface area contributed by atoms with E-state index in [9.17, 15) is 13.2 Å². The monoisotopic (exact) mass is 393 g/mol. The van der Waals surface area contributed by atoms with E-state index in [0.29, 0.717) is 5.02 Å². The highest BCUT2D eigenvalue weighted by atomic mass is 35.5. The van der Waals surface area contributed by atoms with E-state index in [1.807, 2.05) is 30.3 Å². The zero-order chi connectivity index (χ0) is 18.9. The molecule has 0 aromatic heterocycles. The summed E-state index contributed by atoms with van der Waals surface area (Å²) in [6.45, 7) is 1.74. The van der Waals surface area contributed by atoms with Crippen molar-refractivity contribution >= 4 is 27.4 Å². The van der Waals surface area contributed by atoms with Crippen LogP contribution in [0.3, 0.4) is 0 Å². The third-order valence-corrected chi connectivity index (χ3v) is 7.43. The number of esters is 1. The smallest absolute Gasteiger partial charge is 0.315 e. The Morgan fingerprint density at radius 3 is 2.31 bits per heavy atom. The summed E-state index contributed by atoms with van der Waals surface area (Å²) in [6, 6.07) is 15.0. The van der Waals surface area contributed by atoms with Gasteiger partial charge in [-0.3, -0.25) is 4.79 Å². The van der Waals surface area contributed by atoms with Gasteiger partial charge in [-0.25, -0.2) is 8.42 Å². The fraction of sp³-hybridized carbons (Fsp3) is 0.316. The van der Waals surface area contributed by atoms with Crippen molar-refractivity contribution in [1.29, 1.82) is 0 Å². The van der Waals surface area contributed by atoms with Crippen molar-refractivity contribution in [3.63, 3.8) is 0 Å². The Labute approximate surface area is 158 Å². The number of benzene rings is 2. The maximum Gasteiger partial charge on any atom is 0.315 e. The van der Waals surface area contributed by atoms with Crippen LogP contribution in [0.2, 0.25) is 5.02 Å². The summed E-state index contributed by atoms with van der Waals surface area (Å²) < 4.78 is 31.7. The van der Waals surface area contributed by atoms with Crippen molar-refractivity contribution in [1.82, 2.24) is 0 Å². The van der Waals surface area contributed by atoms with Crippen LogP contribution in [0.4, 0.5) is 0 Å². The molecular weight excluding hydrogens is 374 g/mol. The first kappa shape index (κ1) is 18.9. The van der Waals surface area contributed by atoms with Crippen LogP contribution >= 0.6 is 11.6 Å². The number of rotatable bonds is 6. The lowest BCUT2D eigenvalue weighted by Gasteiger charge is -2.14. The van der Waals surface area contributed by atoms with E-state index in [0.717, 1.165) is 5.56 Å². The van der Waals surface area contributed by atoms with Crippen molar-refractivity contribution in [2.45, 2.75) is 23.0 Å². The summed E-state index contributed by atoms with van der Waals surface area (Å²) in [4.78, 5) is 12.8. The van der Waals surface area contributed by atoms with Crippen molar-refractivity contribution < 1.29 is 17.9 Å². The number of nitrogens with two attached hydrogens (primary N) is 1. The zero-order valence-corrected chi connectivity index (χ0v) is 15.8. The minimum atomic E-state index is -3.80. The van der Waals surface area contributed by atoms with Crippen molar-refractivity contribution in [2.24, 2.45) is 11.1 Å². The van der Waals surface area contributed by atoms with Crippen LogP contribution in [0.5, 0.6) is 0 Å². The van der Waals surface area contributed by atoms with Crippen molar-refractivity contribution in [2.75, 3.05) is 13.2 Å². The lowest BCUT2D eigenvalue weighted by molar-refractivity contribution is -0.149. The Morgan fingerprint density at radius 2 is 1.77 bits per heavy atom. The highest BCUT2D eigenvalue weighted by molar-refractivity contribution is 7.92. The quantitative estimate of drug-likeness (QED) is 0.762. The normalized spacial score (nSPS) is 24.9. The predicted octanol–water partition coefficient (Wildman–Crippen LogP) is 2.79. The van der Waals surface area contributed by atoms with Gasteiger partial charge in [-0.05, 0) is 36.8 Å². The minimum Gasteiger partial charge on any atom is -0.465 e. The van der Waals surface area contributed by atoms with Gasteiger partial charge in [-0.1, -0.05) is 41.9 Å². The van der Waals surface area contributed by atoms with E-state index in [2.05, 4.69) is 0 Å². The van der Waals surface area contributed by atoms with Gasteiger partial charge in [-0.2, -0.15) is 0 Å². The third-order valence-electron chi connectivity index (χ3n) is 4.88. The molecule has 2 aromatic rings. The summed E-state index contributed by atoms with van der Waals surface area (Å²) in [6.07, 6.45) is 0. The molecule has 2 aromatic carbocycles. The number of sulfone groups is 1. The molecule has 5 nitrogen and oxygen atoms in total. The molecule has 1 aliphatic carbocycles. The second-order valence-electron chi connectivity index (χ2n) is 6.27. The van der Waals surface area contributed by atoms with Crippen molar-refractivity contribution in [3.05, 3.63) is 65.2 Å². The van der Waals surface area contributed by atoms with Crippen LogP contribution < -0.4 is 5.73 Å². The summed E-state index contributed by atoms with van der Waals surface area (Å²) in [5.74, 6) is -1.12. The second-order valence-corrected chi connectivity index (χ2v) is 8.78. The lowest BCUT2D eigenvalue weighted by Crippen LogP contribution is -2.33. The SMILES string of the molecule is CCOC(=O)[C@@]1(CN)[C@@H](c2ccccc2)[C@@H]1S(=O)(=O)c1ccc(Cl)cc1. The van der Waals surface area contributed by atoms with Gasteiger partial charge in [0, 0.05) is 17.5 Å². The zero-order valence-electron chi connectivity index (χ0n) is 14.3. The molecule has 0 heterocycles. The van der Waals surface area contributed by atoms with Gasteiger partial charge in [0.2, 0.25) is 0 Å². The summed E-state index contributed by atoms with van der Waals surface area (Å²) >= 11 is 5.87. The highest BCUT2D eigenvalue weighted by Crippen LogP contribution is 2.64. The summed E-state index contributed by atoms with van der Waals surface area (Å²) in [5.41, 5.74) is 5.41. The lowest BCUT2D eigenvalue weighted by atomic mass is 9.99. The molecule has 0 saturated heterocycles. The summed E-state index contributed by atoms with van der Waals surface area (Å²) in [7, 11) is -3.80. The van der Waals surface area contributed by atoms with Crippen LogP contribution in [-0.4, -0.2) is 32.8 Å². The highest BCUT2D eigenvalue weighted by Gasteiger charge is 2.75. The second kappa shape index (κ2) is 7.02. The van der Waals surface area contributed by atoms with E-state index >= 15 is 0 Å². The molecule has 7 heteroatoms. The molecule has 26 heavy (non-hydrogen) atoms. The van der Waals surface area contributed by atoms with Gasteiger partial charge in [0.25, 0.3) is 0 Å². The van der Waals surface area contributed by atoms with Gasteiger partial charge in [0.05, 0.1) is 16.8 Å². The van der Waals surface area contributed by atoms with Crippen LogP contribution in [-0.2, 0) is 19.4 Å². The molecule has 1 saturated carbocycles. The summed E-state index contributed by atoms with van der Waals surface area (Å²) in [5, 5.41) is -0.530. The molecule has 0 aliphatic heterocycles. The first-order chi connectivity index (χ1) is 12.4. The molecule has 0 radical (unpaired) electrons. The van der Waals surface area contributed by atoms with Gasteiger partial charge in [0.15, 0.2) is 9.84 Å². The van der Waals surface area contributed by atoms with Crippen LogP contribution in [0.25, 0.3) is 0 Å². The number of carbonyl (C=O) groups excluding carboxylic acids is 1. The Bertz CT molecular complexity index is 899. The van der Waals surface area contributed by atoms with E-state index < -0.39 is 32.4 Å². The molecule has 0 amide bonds. The first-order valence-electron chi connectivity index (χ1n) is 8.31. The number of hydrogen-bond donors (Lipinski definition) is 1. The Hall–Kier alpha value is -1.89. The average molecular weight is 394 g/mol. The molecule has 1 fully saturated rings. The molecule has 0 spiro atoms. The number of carbonyl (C=O) groups is 1. The topological polar surface area (TPSA) is 86.5 Å². The number of hydrogen-bond acceptors (Lipinski definition) is 5. The molecule has 1 aliphatic rings. The third kappa shape index (κ3) is 2.92.